The first kappa shape index (κ1) is 14.5. The number of piperidine rings is 1. The molecule has 4 rings (SSSR count). The van der Waals surface area contributed by atoms with Gasteiger partial charge in [0.1, 0.15) is 0 Å². The fourth-order valence-electron chi connectivity index (χ4n) is 4.54. The van der Waals surface area contributed by atoms with Crippen LogP contribution in [0.25, 0.3) is 0 Å². The Morgan fingerprint density at radius 2 is 1.64 bits per heavy atom. The van der Waals surface area contributed by atoms with Gasteiger partial charge in [0.05, 0.1) is 0 Å². The molecule has 120 valence electrons. The van der Waals surface area contributed by atoms with Gasteiger partial charge in [-0.25, -0.2) is 0 Å². The summed E-state index contributed by atoms with van der Waals surface area (Å²) in [5, 5.41) is 0. The number of anilines is 1. The third kappa shape index (κ3) is 2.77. The predicted molar refractivity (Wildman–Crippen MR) is 92.5 cm³/mol. The highest BCUT2D eigenvalue weighted by Crippen LogP contribution is 2.42. The normalized spacial score (nSPS) is 26.0. The highest BCUT2D eigenvalue weighted by atomic mass is 15.3. The summed E-state index contributed by atoms with van der Waals surface area (Å²) in [6.07, 6.45) is 2.80. The van der Waals surface area contributed by atoms with Crippen LogP contribution in [0.5, 0.6) is 0 Å². The monoisotopic (exact) mass is 299 g/mol. The molecule has 0 saturated carbocycles. The first-order valence-corrected chi connectivity index (χ1v) is 8.84. The summed E-state index contributed by atoms with van der Waals surface area (Å²) in [6, 6.07) is 9.01. The molecular weight excluding hydrogens is 270 g/mol. The molecule has 3 aliphatic heterocycles. The minimum absolute atomic E-state index is 0.621. The van der Waals surface area contributed by atoms with Crippen LogP contribution in [0.1, 0.15) is 18.4 Å². The molecule has 22 heavy (non-hydrogen) atoms. The smallest absolute Gasteiger partial charge is 0.0366 e. The molecule has 0 N–H and O–H groups in total. The average Bonchev–Trinajstić information content (AvgIpc) is 2.43. The Bertz CT molecular complexity index is 502. The molecule has 3 heterocycles. The summed E-state index contributed by atoms with van der Waals surface area (Å²) in [7, 11) is 2.25. The molecule has 0 unspecified atom stereocenters. The number of hydrogen-bond donors (Lipinski definition) is 0. The maximum absolute atomic E-state index is 2.71. The van der Waals surface area contributed by atoms with Crippen molar-refractivity contribution in [2.24, 2.45) is 11.3 Å². The van der Waals surface area contributed by atoms with E-state index in [1.807, 2.05) is 0 Å². The standard InChI is InChI=1S/C19H29N3/c1-16-3-5-18(6-4-16)22-14-19(15-22)12-21(13-19)11-17-7-9-20(2)10-8-17/h3-6,17H,7-15H2,1-2H3. The van der Waals surface area contributed by atoms with E-state index in [0.717, 1.165) is 5.92 Å². The molecule has 0 bridgehead atoms. The number of aryl methyl sites for hydroxylation is 1. The van der Waals surface area contributed by atoms with Gasteiger partial charge in [-0.1, -0.05) is 17.7 Å². The van der Waals surface area contributed by atoms with Gasteiger partial charge < -0.3 is 14.7 Å². The molecule has 3 heteroatoms. The van der Waals surface area contributed by atoms with Crippen LogP contribution in [-0.4, -0.2) is 62.7 Å². The van der Waals surface area contributed by atoms with E-state index in [4.69, 9.17) is 0 Å². The molecule has 0 aliphatic carbocycles. The fourth-order valence-corrected chi connectivity index (χ4v) is 4.54. The Morgan fingerprint density at radius 3 is 2.27 bits per heavy atom. The van der Waals surface area contributed by atoms with Gasteiger partial charge in [-0.2, -0.15) is 0 Å². The van der Waals surface area contributed by atoms with Crippen LogP contribution >= 0.6 is 0 Å². The van der Waals surface area contributed by atoms with Crippen LogP contribution in [-0.2, 0) is 0 Å². The Kier molecular flexibility index (Phi) is 3.66. The highest BCUT2D eigenvalue weighted by Gasteiger charge is 2.51. The predicted octanol–water partition coefficient (Wildman–Crippen LogP) is 2.46. The Morgan fingerprint density at radius 1 is 1.00 bits per heavy atom. The van der Waals surface area contributed by atoms with Gasteiger partial charge in [-0.15, -0.1) is 0 Å². The zero-order chi connectivity index (χ0) is 15.2. The first-order valence-electron chi connectivity index (χ1n) is 8.84. The number of benzene rings is 1. The van der Waals surface area contributed by atoms with Crippen LogP contribution in [0.4, 0.5) is 5.69 Å². The SMILES string of the molecule is Cc1ccc(N2CC3(CN(CC4CCN(C)CC4)C3)C2)cc1. The minimum Gasteiger partial charge on any atom is -0.370 e. The molecule has 3 saturated heterocycles. The van der Waals surface area contributed by atoms with Crippen LogP contribution in [0, 0.1) is 18.3 Å². The number of hydrogen-bond acceptors (Lipinski definition) is 3. The number of nitrogens with zero attached hydrogens (tertiary/aromatic N) is 3. The van der Waals surface area contributed by atoms with Crippen molar-refractivity contribution in [1.82, 2.24) is 9.80 Å². The van der Waals surface area contributed by atoms with Crippen molar-refractivity contribution in [3.8, 4) is 0 Å². The Hall–Kier alpha value is -1.06. The maximum atomic E-state index is 2.71. The van der Waals surface area contributed by atoms with E-state index in [2.05, 4.69) is 52.9 Å². The van der Waals surface area contributed by atoms with Gasteiger partial charge in [0.15, 0.2) is 0 Å². The van der Waals surface area contributed by atoms with E-state index in [-0.39, 0.29) is 0 Å². The quantitative estimate of drug-likeness (QED) is 0.849. The van der Waals surface area contributed by atoms with Crippen LogP contribution in [0.15, 0.2) is 24.3 Å². The van der Waals surface area contributed by atoms with E-state index in [1.165, 1.54) is 69.9 Å². The molecule has 3 aliphatic rings. The van der Waals surface area contributed by atoms with Crippen molar-refractivity contribution in [3.05, 3.63) is 29.8 Å². The van der Waals surface area contributed by atoms with Crippen molar-refractivity contribution in [3.63, 3.8) is 0 Å². The van der Waals surface area contributed by atoms with Gasteiger partial charge in [0.25, 0.3) is 0 Å². The van der Waals surface area contributed by atoms with Crippen molar-refractivity contribution in [2.45, 2.75) is 19.8 Å². The molecule has 1 aromatic rings. The lowest BCUT2D eigenvalue weighted by molar-refractivity contribution is -0.0350. The van der Waals surface area contributed by atoms with E-state index >= 15 is 0 Å². The molecule has 1 spiro atoms. The lowest BCUT2D eigenvalue weighted by atomic mass is 9.72. The van der Waals surface area contributed by atoms with Crippen molar-refractivity contribution in [2.75, 3.05) is 57.8 Å². The van der Waals surface area contributed by atoms with E-state index < -0.39 is 0 Å². The average molecular weight is 299 g/mol. The van der Waals surface area contributed by atoms with Gasteiger partial charge in [0.2, 0.25) is 0 Å². The lowest BCUT2D eigenvalue weighted by Gasteiger charge is -2.61. The van der Waals surface area contributed by atoms with E-state index in [1.54, 1.807) is 0 Å². The maximum Gasteiger partial charge on any atom is 0.0366 e. The Balaban J connectivity index is 1.22. The van der Waals surface area contributed by atoms with E-state index in [9.17, 15) is 0 Å². The third-order valence-electron chi connectivity index (χ3n) is 5.92. The molecule has 3 nitrogen and oxygen atoms in total. The van der Waals surface area contributed by atoms with E-state index in [0.29, 0.717) is 5.41 Å². The Labute approximate surface area is 134 Å². The number of rotatable bonds is 3. The summed E-state index contributed by atoms with van der Waals surface area (Å²) >= 11 is 0. The van der Waals surface area contributed by atoms with Crippen molar-refractivity contribution in [1.29, 1.82) is 0 Å². The first-order chi connectivity index (χ1) is 10.6. The molecule has 0 aromatic heterocycles. The summed E-state index contributed by atoms with van der Waals surface area (Å²) < 4.78 is 0. The molecular formula is C19H29N3. The summed E-state index contributed by atoms with van der Waals surface area (Å²) in [5.74, 6) is 0.946. The van der Waals surface area contributed by atoms with Gasteiger partial charge in [0, 0.05) is 43.8 Å². The second kappa shape index (κ2) is 5.54. The third-order valence-corrected chi connectivity index (χ3v) is 5.92. The van der Waals surface area contributed by atoms with Gasteiger partial charge in [-0.05, 0) is 58.0 Å². The molecule has 0 amide bonds. The zero-order valence-electron chi connectivity index (χ0n) is 14.1. The number of likely N-dealkylation sites (tertiary alicyclic amines) is 2. The van der Waals surface area contributed by atoms with Crippen molar-refractivity contribution >= 4 is 5.69 Å². The molecule has 3 fully saturated rings. The summed E-state index contributed by atoms with van der Waals surface area (Å²) in [6.45, 7) is 11.3. The van der Waals surface area contributed by atoms with Crippen LogP contribution in [0.3, 0.4) is 0 Å². The minimum atomic E-state index is 0.621. The second-order valence-electron chi connectivity index (χ2n) is 8.11. The van der Waals surface area contributed by atoms with Gasteiger partial charge in [-0.3, -0.25) is 0 Å². The zero-order valence-corrected chi connectivity index (χ0v) is 14.1. The topological polar surface area (TPSA) is 9.72 Å². The summed E-state index contributed by atoms with van der Waals surface area (Å²) in [4.78, 5) is 7.73. The molecule has 1 aromatic carbocycles. The second-order valence-corrected chi connectivity index (χ2v) is 8.11. The van der Waals surface area contributed by atoms with Gasteiger partial charge >= 0.3 is 0 Å². The largest absolute Gasteiger partial charge is 0.370 e. The summed E-state index contributed by atoms with van der Waals surface area (Å²) in [5.41, 5.74) is 3.38. The lowest BCUT2D eigenvalue weighted by Crippen LogP contribution is -2.72. The molecule has 0 atom stereocenters. The van der Waals surface area contributed by atoms with Crippen LogP contribution < -0.4 is 4.90 Å². The highest BCUT2D eigenvalue weighted by molar-refractivity contribution is 5.51. The fraction of sp³-hybridized carbons (Fsp3) is 0.684. The van der Waals surface area contributed by atoms with Crippen LogP contribution in [0.2, 0.25) is 0 Å². The molecule has 0 radical (unpaired) electrons. The van der Waals surface area contributed by atoms with Crippen molar-refractivity contribution < 1.29 is 0 Å².